The monoisotopic (exact) mass is 377 g/mol. The summed E-state index contributed by atoms with van der Waals surface area (Å²) in [6, 6.07) is 14.1. The third-order valence-corrected chi connectivity index (χ3v) is 5.43. The van der Waals surface area contributed by atoms with E-state index >= 15 is 0 Å². The lowest BCUT2D eigenvalue weighted by Crippen LogP contribution is -2.39. The highest BCUT2D eigenvalue weighted by Gasteiger charge is 2.37. The Balaban J connectivity index is 1.68. The van der Waals surface area contributed by atoms with E-state index in [0.29, 0.717) is 17.9 Å². The van der Waals surface area contributed by atoms with Gasteiger partial charge in [0.05, 0.1) is 18.1 Å². The molecule has 3 aromatic rings. The Bertz CT molecular complexity index is 975. The van der Waals surface area contributed by atoms with Crippen LogP contribution in [0.5, 0.6) is 5.75 Å². The van der Waals surface area contributed by atoms with Crippen LogP contribution >= 0.6 is 0 Å². The van der Waals surface area contributed by atoms with Crippen LogP contribution in [0.15, 0.2) is 48.7 Å². The summed E-state index contributed by atoms with van der Waals surface area (Å²) in [5.41, 5.74) is 3.87. The van der Waals surface area contributed by atoms with E-state index in [1.54, 1.807) is 0 Å². The molecule has 146 valence electrons. The van der Waals surface area contributed by atoms with Gasteiger partial charge in [0.25, 0.3) is 0 Å². The molecule has 2 atom stereocenters. The number of benzene rings is 2. The van der Waals surface area contributed by atoms with Gasteiger partial charge in [-0.25, -0.2) is 0 Å². The number of ketones is 1. The largest absolute Gasteiger partial charge is 0.463 e. The molecule has 0 radical (unpaired) electrons. The maximum Gasteiger partial charge on any atom is 0.210 e. The van der Waals surface area contributed by atoms with E-state index in [1.807, 2.05) is 36.5 Å². The Morgan fingerprint density at radius 2 is 1.93 bits per heavy atom. The van der Waals surface area contributed by atoms with Crippen LogP contribution in [0.1, 0.15) is 49.9 Å². The number of aromatic nitrogens is 1. The van der Waals surface area contributed by atoms with E-state index < -0.39 is 6.29 Å². The fourth-order valence-electron chi connectivity index (χ4n) is 3.91. The van der Waals surface area contributed by atoms with Crippen molar-refractivity contribution < 1.29 is 14.3 Å². The molecule has 0 saturated heterocycles. The molecule has 1 aliphatic rings. The Labute approximate surface area is 165 Å². The molecule has 4 heteroatoms. The molecule has 2 heterocycles. The average molecular weight is 377 g/mol. The molecule has 0 spiro atoms. The number of hydrogen-bond acceptors (Lipinski definition) is 3. The van der Waals surface area contributed by atoms with Crippen molar-refractivity contribution in [2.75, 3.05) is 6.61 Å². The Morgan fingerprint density at radius 3 is 2.75 bits per heavy atom. The molecule has 2 aromatic carbocycles. The van der Waals surface area contributed by atoms with Gasteiger partial charge in [0, 0.05) is 22.7 Å². The molecule has 1 aromatic heterocycles. The highest BCUT2D eigenvalue weighted by atomic mass is 16.7. The van der Waals surface area contributed by atoms with Gasteiger partial charge in [0.2, 0.25) is 6.29 Å². The van der Waals surface area contributed by atoms with Crippen LogP contribution in [0.4, 0.5) is 0 Å². The number of aromatic amines is 1. The smallest absolute Gasteiger partial charge is 0.210 e. The fourth-order valence-corrected chi connectivity index (χ4v) is 3.91. The van der Waals surface area contributed by atoms with Crippen LogP contribution in [0, 0.1) is 5.92 Å². The van der Waals surface area contributed by atoms with Crippen LogP contribution in [-0.2, 0) is 4.74 Å². The van der Waals surface area contributed by atoms with Crippen LogP contribution in [0.25, 0.3) is 22.0 Å². The molecule has 28 heavy (non-hydrogen) atoms. The highest BCUT2D eigenvalue weighted by molar-refractivity contribution is 6.04. The number of unbranched alkanes of at least 4 members (excludes halogenated alkanes) is 1. The topological polar surface area (TPSA) is 51.3 Å². The van der Waals surface area contributed by atoms with Gasteiger partial charge in [-0.05, 0) is 36.6 Å². The zero-order valence-corrected chi connectivity index (χ0v) is 16.5. The summed E-state index contributed by atoms with van der Waals surface area (Å²) in [6.07, 6.45) is 5.24. The highest BCUT2D eigenvalue weighted by Crippen LogP contribution is 2.38. The molecule has 0 fully saturated rings. The minimum Gasteiger partial charge on any atom is -0.463 e. The molecule has 0 bridgehead atoms. The standard InChI is InChI=1S/C24H27NO3/c1-3-5-13-27-24-18(8-4-2)23(26)19-14-16(11-12-22(19)28-24)20-15-25-21-10-7-6-9-17(20)21/h6-7,9-12,14-15,18,24-25H,3-5,8,13H2,1-2H3. The first kappa shape index (κ1) is 18.8. The summed E-state index contributed by atoms with van der Waals surface area (Å²) in [7, 11) is 0. The number of fused-ring (bicyclic) bond motifs is 2. The van der Waals surface area contributed by atoms with Crippen molar-refractivity contribution in [2.24, 2.45) is 5.92 Å². The van der Waals surface area contributed by atoms with Gasteiger partial charge in [0.1, 0.15) is 5.75 Å². The lowest BCUT2D eigenvalue weighted by Gasteiger charge is -2.32. The van der Waals surface area contributed by atoms with Crippen LogP contribution in [0.2, 0.25) is 0 Å². The minimum absolute atomic E-state index is 0.131. The molecule has 0 amide bonds. The number of para-hydroxylation sites is 1. The molecule has 2 unspecified atom stereocenters. The summed E-state index contributed by atoms with van der Waals surface area (Å²) >= 11 is 0. The van der Waals surface area contributed by atoms with Crippen molar-refractivity contribution in [1.82, 2.24) is 4.98 Å². The molecule has 4 rings (SSSR count). The quantitative estimate of drug-likeness (QED) is 0.516. The van der Waals surface area contributed by atoms with Crippen molar-refractivity contribution in [3.63, 3.8) is 0 Å². The molecule has 0 saturated carbocycles. The van der Waals surface area contributed by atoms with Crippen molar-refractivity contribution in [1.29, 1.82) is 0 Å². The summed E-state index contributed by atoms with van der Waals surface area (Å²) in [6.45, 7) is 4.84. The number of carbonyl (C=O) groups excluding carboxylic acids is 1. The Morgan fingerprint density at radius 1 is 1.07 bits per heavy atom. The first-order valence-electron chi connectivity index (χ1n) is 10.3. The second kappa shape index (κ2) is 8.19. The number of Topliss-reactive ketones (excluding diaryl/α,β-unsaturated/α-hetero) is 1. The van der Waals surface area contributed by atoms with Gasteiger partial charge < -0.3 is 14.5 Å². The third-order valence-electron chi connectivity index (χ3n) is 5.43. The van der Waals surface area contributed by atoms with E-state index in [1.165, 1.54) is 0 Å². The normalized spacial score (nSPS) is 18.9. The minimum atomic E-state index is -0.481. The summed E-state index contributed by atoms with van der Waals surface area (Å²) in [5.74, 6) is 0.515. The maximum atomic E-state index is 13.3. The summed E-state index contributed by atoms with van der Waals surface area (Å²) in [5, 5.41) is 1.15. The zero-order chi connectivity index (χ0) is 19.5. The predicted molar refractivity (Wildman–Crippen MR) is 112 cm³/mol. The van der Waals surface area contributed by atoms with Crippen molar-refractivity contribution in [2.45, 2.75) is 45.8 Å². The number of H-pyrrole nitrogens is 1. The van der Waals surface area contributed by atoms with Crippen molar-refractivity contribution in [3.05, 3.63) is 54.2 Å². The Hall–Kier alpha value is -2.59. The van der Waals surface area contributed by atoms with Crippen LogP contribution < -0.4 is 4.74 Å². The lowest BCUT2D eigenvalue weighted by atomic mass is 9.88. The summed E-state index contributed by atoms with van der Waals surface area (Å²) in [4.78, 5) is 16.6. The average Bonchev–Trinajstić information content (AvgIpc) is 3.15. The first-order valence-corrected chi connectivity index (χ1v) is 10.3. The predicted octanol–water partition coefficient (Wildman–Crippen LogP) is 5.97. The first-order chi connectivity index (χ1) is 13.7. The second-order valence-electron chi connectivity index (χ2n) is 7.43. The maximum absolute atomic E-state index is 13.3. The number of nitrogens with one attached hydrogen (secondary N) is 1. The fraction of sp³-hybridized carbons (Fsp3) is 0.375. The van der Waals surface area contributed by atoms with Gasteiger partial charge in [-0.15, -0.1) is 0 Å². The van der Waals surface area contributed by atoms with Gasteiger partial charge in [0.15, 0.2) is 5.78 Å². The molecule has 4 nitrogen and oxygen atoms in total. The molecular formula is C24H27NO3. The number of ether oxygens (including phenoxy) is 2. The number of carbonyl (C=O) groups is 1. The van der Waals surface area contributed by atoms with Gasteiger partial charge in [-0.1, -0.05) is 51.0 Å². The molecule has 1 N–H and O–H groups in total. The van der Waals surface area contributed by atoms with Crippen molar-refractivity contribution >= 4 is 16.7 Å². The van der Waals surface area contributed by atoms with Gasteiger partial charge in [-0.2, -0.15) is 0 Å². The van der Waals surface area contributed by atoms with Crippen LogP contribution in [-0.4, -0.2) is 23.7 Å². The van der Waals surface area contributed by atoms with E-state index in [0.717, 1.165) is 47.7 Å². The SMILES string of the molecule is CCCCOC1Oc2ccc(-c3c[nH]c4ccccc34)cc2C(=O)C1CCC. The van der Waals surface area contributed by atoms with Crippen molar-refractivity contribution in [3.8, 4) is 16.9 Å². The molecule has 1 aliphatic heterocycles. The van der Waals surface area contributed by atoms with Crippen LogP contribution in [0.3, 0.4) is 0 Å². The van der Waals surface area contributed by atoms with E-state index in [9.17, 15) is 4.79 Å². The number of hydrogen-bond donors (Lipinski definition) is 1. The van der Waals surface area contributed by atoms with E-state index in [-0.39, 0.29) is 11.7 Å². The zero-order valence-electron chi connectivity index (χ0n) is 16.5. The second-order valence-corrected chi connectivity index (χ2v) is 7.43. The number of rotatable bonds is 7. The third kappa shape index (κ3) is 3.45. The lowest BCUT2D eigenvalue weighted by molar-refractivity contribution is -0.113. The summed E-state index contributed by atoms with van der Waals surface area (Å²) < 4.78 is 12.1. The van der Waals surface area contributed by atoms with Gasteiger partial charge in [-0.3, -0.25) is 4.79 Å². The molecular weight excluding hydrogens is 350 g/mol. The molecule has 0 aliphatic carbocycles. The van der Waals surface area contributed by atoms with E-state index in [4.69, 9.17) is 9.47 Å². The Kier molecular flexibility index (Phi) is 5.49. The van der Waals surface area contributed by atoms with E-state index in [2.05, 4.69) is 31.0 Å². The van der Waals surface area contributed by atoms with Gasteiger partial charge >= 0.3 is 0 Å².